The summed E-state index contributed by atoms with van der Waals surface area (Å²) in [5, 5.41) is 0. The summed E-state index contributed by atoms with van der Waals surface area (Å²) >= 11 is 5.49. The standard InChI is InChI=1S/C18H21ClN2O4/c19-8-11-25-18(24)13-4-6-14(7-5-13)21-16(22)12-15(17(21)23)20-9-2-1-3-10-20/h4-7,15H,1-3,8-12H2. The first-order valence-corrected chi connectivity index (χ1v) is 9.09. The van der Waals surface area contributed by atoms with E-state index in [9.17, 15) is 14.4 Å². The van der Waals surface area contributed by atoms with Crippen LogP contribution in [0, 0.1) is 0 Å². The first kappa shape index (κ1) is 17.9. The second-order valence-electron chi connectivity index (χ2n) is 6.26. The van der Waals surface area contributed by atoms with Gasteiger partial charge >= 0.3 is 5.97 Å². The molecule has 25 heavy (non-hydrogen) atoms. The number of likely N-dealkylation sites (tertiary alicyclic amines) is 1. The Balaban J connectivity index is 1.71. The molecule has 1 unspecified atom stereocenters. The second-order valence-corrected chi connectivity index (χ2v) is 6.63. The van der Waals surface area contributed by atoms with E-state index in [1.165, 1.54) is 11.3 Å². The van der Waals surface area contributed by atoms with Crippen LogP contribution in [-0.4, -0.2) is 54.3 Å². The highest BCUT2D eigenvalue weighted by Gasteiger charge is 2.42. The van der Waals surface area contributed by atoms with E-state index in [0.29, 0.717) is 11.3 Å². The number of anilines is 1. The van der Waals surface area contributed by atoms with Crippen molar-refractivity contribution in [1.82, 2.24) is 4.90 Å². The van der Waals surface area contributed by atoms with Gasteiger partial charge in [0.05, 0.1) is 29.6 Å². The Morgan fingerprint density at radius 3 is 2.44 bits per heavy atom. The number of hydrogen-bond acceptors (Lipinski definition) is 5. The maximum atomic E-state index is 12.7. The van der Waals surface area contributed by atoms with Gasteiger partial charge in [-0.3, -0.25) is 14.5 Å². The second kappa shape index (κ2) is 7.97. The molecular weight excluding hydrogens is 344 g/mol. The molecule has 0 radical (unpaired) electrons. The number of esters is 1. The predicted octanol–water partition coefficient (Wildman–Crippen LogP) is 2.20. The van der Waals surface area contributed by atoms with Gasteiger partial charge in [-0.2, -0.15) is 0 Å². The number of imide groups is 1. The predicted molar refractivity (Wildman–Crippen MR) is 93.8 cm³/mol. The van der Waals surface area contributed by atoms with Crippen molar-refractivity contribution in [3.63, 3.8) is 0 Å². The number of hydrogen-bond donors (Lipinski definition) is 0. The van der Waals surface area contributed by atoms with Crippen LogP contribution in [0.25, 0.3) is 0 Å². The van der Waals surface area contributed by atoms with Crippen LogP contribution < -0.4 is 4.90 Å². The van der Waals surface area contributed by atoms with E-state index in [1.54, 1.807) is 24.3 Å². The molecule has 0 spiro atoms. The molecule has 1 aromatic rings. The highest BCUT2D eigenvalue weighted by molar-refractivity contribution is 6.22. The summed E-state index contributed by atoms with van der Waals surface area (Å²) < 4.78 is 4.96. The Labute approximate surface area is 151 Å². The van der Waals surface area contributed by atoms with Crippen molar-refractivity contribution in [3.05, 3.63) is 29.8 Å². The van der Waals surface area contributed by atoms with Gasteiger partial charge in [0.25, 0.3) is 5.91 Å². The van der Waals surface area contributed by atoms with Gasteiger partial charge in [-0.15, -0.1) is 11.6 Å². The number of piperidine rings is 1. The number of alkyl halides is 1. The lowest BCUT2D eigenvalue weighted by Crippen LogP contribution is -2.44. The van der Waals surface area contributed by atoms with Gasteiger partial charge in [-0.05, 0) is 50.2 Å². The molecule has 1 aromatic carbocycles. The van der Waals surface area contributed by atoms with Crippen LogP contribution in [0.2, 0.25) is 0 Å². The zero-order valence-electron chi connectivity index (χ0n) is 13.9. The van der Waals surface area contributed by atoms with E-state index in [1.807, 2.05) is 0 Å². The van der Waals surface area contributed by atoms with Crippen molar-refractivity contribution in [3.8, 4) is 0 Å². The molecule has 0 N–H and O–H groups in total. The van der Waals surface area contributed by atoms with E-state index >= 15 is 0 Å². The van der Waals surface area contributed by atoms with Gasteiger partial charge in [0.1, 0.15) is 6.61 Å². The SMILES string of the molecule is O=C(OCCCl)c1ccc(N2C(=O)CC(N3CCCCC3)C2=O)cc1. The molecule has 7 heteroatoms. The normalized spacial score (nSPS) is 21.6. The highest BCUT2D eigenvalue weighted by atomic mass is 35.5. The van der Waals surface area contributed by atoms with E-state index in [0.717, 1.165) is 25.9 Å². The lowest BCUT2D eigenvalue weighted by molar-refractivity contribution is -0.123. The van der Waals surface area contributed by atoms with Crippen LogP contribution in [0.5, 0.6) is 0 Å². The Kier molecular flexibility index (Phi) is 5.71. The zero-order valence-corrected chi connectivity index (χ0v) is 14.7. The third-order valence-corrected chi connectivity index (χ3v) is 4.78. The van der Waals surface area contributed by atoms with E-state index in [4.69, 9.17) is 16.3 Å². The Morgan fingerprint density at radius 1 is 1.12 bits per heavy atom. The lowest BCUT2D eigenvalue weighted by Gasteiger charge is -2.30. The molecule has 6 nitrogen and oxygen atoms in total. The van der Waals surface area contributed by atoms with Gasteiger partial charge < -0.3 is 4.74 Å². The lowest BCUT2D eigenvalue weighted by atomic mass is 10.1. The molecule has 2 fully saturated rings. The van der Waals surface area contributed by atoms with Crippen molar-refractivity contribution >= 4 is 35.1 Å². The third kappa shape index (κ3) is 3.85. The maximum absolute atomic E-state index is 12.7. The van der Waals surface area contributed by atoms with E-state index in [-0.39, 0.29) is 36.8 Å². The third-order valence-electron chi connectivity index (χ3n) is 4.63. The zero-order chi connectivity index (χ0) is 17.8. The van der Waals surface area contributed by atoms with Gasteiger partial charge in [0, 0.05) is 0 Å². The molecule has 0 bridgehead atoms. The summed E-state index contributed by atoms with van der Waals surface area (Å²) in [6.07, 6.45) is 3.53. The summed E-state index contributed by atoms with van der Waals surface area (Å²) in [6.45, 7) is 1.87. The van der Waals surface area contributed by atoms with Gasteiger partial charge in [0.2, 0.25) is 5.91 Å². The molecule has 2 heterocycles. The van der Waals surface area contributed by atoms with Crippen molar-refractivity contribution in [2.75, 3.05) is 30.5 Å². The fourth-order valence-corrected chi connectivity index (χ4v) is 3.44. The maximum Gasteiger partial charge on any atom is 0.338 e. The number of carbonyl (C=O) groups is 3. The number of halogens is 1. The van der Waals surface area contributed by atoms with Crippen molar-refractivity contribution in [2.24, 2.45) is 0 Å². The number of carbonyl (C=O) groups excluding carboxylic acids is 3. The smallest absolute Gasteiger partial charge is 0.338 e. The van der Waals surface area contributed by atoms with Gasteiger partial charge in [-0.25, -0.2) is 9.69 Å². The topological polar surface area (TPSA) is 66.9 Å². The monoisotopic (exact) mass is 364 g/mol. The summed E-state index contributed by atoms with van der Waals surface area (Å²) in [5.41, 5.74) is 0.851. The van der Waals surface area contributed by atoms with Crippen LogP contribution in [0.15, 0.2) is 24.3 Å². The molecule has 0 aromatic heterocycles. The number of amides is 2. The molecule has 1 atom stereocenters. The highest BCUT2D eigenvalue weighted by Crippen LogP contribution is 2.27. The van der Waals surface area contributed by atoms with Gasteiger partial charge in [-0.1, -0.05) is 6.42 Å². The quantitative estimate of drug-likeness (QED) is 0.455. The molecule has 3 rings (SSSR count). The molecule has 2 aliphatic rings. The van der Waals surface area contributed by atoms with Crippen LogP contribution in [0.4, 0.5) is 5.69 Å². The Morgan fingerprint density at radius 2 is 1.80 bits per heavy atom. The average molecular weight is 365 g/mol. The van der Waals surface area contributed by atoms with Gasteiger partial charge in [0.15, 0.2) is 0 Å². The van der Waals surface area contributed by atoms with Crippen LogP contribution in [-0.2, 0) is 14.3 Å². The fourth-order valence-electron chi connectivity index (χ4n) is 3.36. The summed E-state index contributed by atoms with van der Waals surface area (Å²) in [7, 11) is 0. The number of ether oxygens (including phenoxy) is 1. The molecule has 0 aliphatic carbocycles. The molecule has 2 aliphatic heterocycles. The largest absolute Gasteiger partial charge is 0.461 e. The van der Waals surface area contributed by atoms with Crippen molar-refractivity contribution in [2.45, 2.75) is 31.7 Å². The Hall–Kier alpha value is -1.92. The number of nitrogens with zero attached hydrogens (tertiary/aromatic N) is 2. The summed E-state index contributed by atoms with van der Waals surface area (Å²) in [5.74, 6) is -0.613. The molecule has 134 valence electrons. The first-order valence-electron chi connectivity index (χ1n) is 8.56. The average Bonchev–Trinajstić information content (AvgIpc) is 2.95. The van der Waals surface area contributed by atoms with Crippen molar-refractivity contribution in [1.29, 1.82) is 0 Å². The minimum atomic E-state index is -0.475. The van der Waals surface area contributed by atoms with Crippen LogP contribution in [0.1, 0.15) is 36.0 Å². The molecule has 2 saturated heterocycles. The summed E-state index contributed by atoms with van der Waals surface area (Å²) in [4.78, 5) is 40.2. The number of rotatable bonds is 5. The fraction of sp³-hybridized carbons (Fsp3) is 0.500. The minimum Gasteiger partial charge on any atom is -0.461 e. The van der Waals surface area contributed by atoms with Crippen molar-refractivity contribution < 1.29 is 19.1 Å². The Bertz CT molecular complexity index is 656. The first-order chi connectivity index (χ1) is 12.1. The molecular formula is C18H21ClN2O4. The number of benzene rings is 1. The van der Waals surface area contributed by atoms with E-state index in [2.05, 4.69) is 4.90 Å². The van der Waals surface area contributed by atoms with Crippen LogP contribution >= 0.6 is 11.6 Å². The molecule has 0 saturated carbocycles. The minimum absolute atomic E-state index is 0.142. The summed E-state index contributed by atoms with van der Waals surface area (Å²) in [6, 6.07) is 5.96. The van der Waals surface area contributed by atoms with E-state index < -0.39 is 5.97 Å². The van der Waals surface area contributed by atoms with Crippen LogP contribution in [0.3, 0.4) is 0 Å². The molecule has 2 amide bonds.